The van der Waals surface area contributed by atoms with Gasteiger partial charge in [0.15, 0.2) is 0 Å². The van der Waals surface area contributed by atoms with Crippen molar-refractivity contribution in [1.29, 1.82) is 0 Å². The van der Waals surface area contributed by atoms with E-state index in [9.17, 15) is 0 Å². The topological polar surface area (TPSA) is 0 Å². The number of aryl methyl sites for hydroxylation is 4. The third-order valence-electron chi connectivity index (χ3n) is 8.36. The second-order valence-electron chi connectivity index (χ2n) is 11.8. The quantitative estimate of drug-likeness (QED) is 0.452. The maximum Gasteiger partial charge on any atom is -1.00 e. The Bertz CT molecular complexity index is 1140. The van der Waals surface area contributed by atoms with Crippen molar-refractivity contribution in [1.82, 2.24) is 0 Å². The molecule has 0 aliphatic heterocycles. The summed E-state index contributed by atoms with van der Waals surface area (Å²) in [6, 6.07) is 9.61. The fraction of sp³-hybridized carbons (Fsp3) is 0.467. The molecule has 2 unspecified atom stereocenters. The second-order valence-corrected chi connectivity index (χ2v) is 42.3. The number of hydrogen-bond donors (Lipinski definition) is 0. The van der Waals surface area contributed by atoms with Crippen LogP contribution in [0.15, 0.2) is 35.4 Å². The zero-order chi connectivity index (χ0) is 23.4. The molecule has 0 spiro atoms. The van der Waals surface area contributed by atoms with Crippen LogP contribution in [-0.4, -0.2) is 6.88 Å². The fourth-order valence-corrected chi connectivity index (χ4v) is 28.7. The maximum absolute atomic E-state index is 3.38. The summed E-state index contributed by atoms with van der Waals surface area (Å²) < 4.78 is 6.81. The predicted octanol–water partition coefficient (Wildman–Crippen LogP) is 2.17. The van der Waals surface area contributed by atoms with Crippen LogP contribution in [0.4, 0.5) is 0 Å². The van der Waals surface area contributed by atoms with Crippen LogP contribution in [-0.2, 0) is 30.2 Å². The van der Waals surface area contributed by atoms with E-state index >= 15 is 0 Å². The largest absolute Gasteiger partial charge is 1.00 e. The van der Waals surface area contributed by atoms with Crippen LogP contribution in [0.5, 0.6) is 0 Å². The van der Waals surface area contributed by atoms with Gasteiger partial charge in [0.1, 0.15) is 0 Å². The van der Waals surface area contributed by atoms with Gasteiger partial charge in [0.05, 0.1) is 0 Å². The number of allylic oxidation sites excluding steroid dienone is 2. The van der Waals surface area contributed by atoms with E-state index in [2.05, 4.69) is 94.1 Å². The maximum atomic E-state index is 2.77. The van der Waals surface area contributed by atoms with Crippen molar-refractivity contribution in [3.63, 3.8) is 0 Å². The Labute approximate surface area is 223 Å². The van der Waals surface area contributed by atoms with Gasteiger partial charge in [-0.3, -0.25) is 0 Å². The molecule has 184 valence electrons. The Kier molecular flexibility index (Phi) is 9.24. The van der Waals surface area contributed by atoms with Gasteiger partial charge in [-0.2, -0.15) is 0 Å². The number of rotatable bonds is 6. The Balaban J connectivity index is 0.00000204. The summed E-state index contributed by atoms with van der Waals surface area (Å²) in [5, 5.41) is 0. The molecule has 4 rings (SSSR count). The normalized spacial score (nSPS) is 18.2. The first kappa shape index (κ1) is 29.8. The third-order valence-corrected chi connectivity index (χ3v) is 26.2. The molecule has 2 aromatic carbocycles. The minimum atomic E-state index is -3.38. The van der Waals surface area contributed by atoms with Crippen LogP contribution in [0.1, 0.15) is 92.3 Å². The number of benzene rings is 2. The van der Waals surface area contributed by atoms with Crippen LogP contribution < -0.4 is 24.8 Å². The zero-order valence-corrected chi connectivity index (χ0v) is 27.8. The SMILES string of the molecule is CCCc1ccc(C)c2c1C=C(C)[CH]2[Zr+2]([CH3])([CH3])(=[SiH2])[CH]1C(C)=Cc2c(CCC)ccc(C)c21.[Cl-].[Cl-]. The average Bonchev–Trinajstić information content (AvgIpc) is 3.26. The summed E-state index contributed by atoms with van der Waals surface area (Å²) in [6.45, 7) is 16.7. The van der Waals surface area contributed by atoms with Crippen molar-refractivity contribution < 1.29 is 42.2 Å². The van der Waals surface area contributed by atoms with E-state index in [1.165, 1.54) is 36.8 Å². The molecule has 34 heavy (non-hydrogen) atoms. The van der Waals surface area contributed by atoms with E-state index in [1.807, 2.05) is 0 Å². The summed E-state index contributed by atoms with van der Waals surface area (Å²) in [4.78, 5) is 0. The molecule has 4 heteroatoms. The van der Waals surface area contributed by atoms with E-state index in [4.69, 9.17) is 0 Å². The van der Waals surface area contributed by atoms with E-state index in [0.717, 1.165) is 0 Å². The van der Waals surface area contributed by atoms with Crippen LogP contribution >= 0.6 is 0 Å². The number of hydrogen-bond acceptors (Lipinski definition) is 0. The van der Waals surface area contributed by atoms with Crippen LogP contribution in [0.25, 0.3) is 12.2 Å². The molecule has 2 atom stereocenters. The average molecular weight is 593 g/mol. The van der Waals surface area contributed by atoms with Crippen LogP contribution in [0.2, 0.25) is 9.26 Å². The molecule has 2 aliphatic rings. The van der Waals surface area contributed by atoms with Gasteiger partial charge in [-0.1, -0.05) is 0 Å². The molecule has 2 aromatic rings. The molecular formula is C30H42Cl2SiZr. The van der Waals surface area contributed by atoms with Gasteiger partial charge in [0.2, 0.25) is 0 Å². The summed E-state index contributed by atoms with van der Waals surface area (Å²) in [6.07, 6.45) is 9.95. The molecule has 0 fully saturated rings. The van der Waals surface area contributed by atoms with Crippen molar-refractivity contribution in [2.24, 2.45) is 0 Å². The minimum absolute atomic E-state index is 0. The summed E-state index contributed by atoms with van der Waals surface area (Å²) in [5.74, 6) is 0. The van der Waals surface area contributed by atoms with E-state index in [1.54, 1.807) is 44.5 Å². The first-order valence-electron chi connectivity index (χ1n) is 12.7. The monoisotopic (exact) mass is 590 g/mol. The number of fused-ring (bicyclic) bond motifs is 2. The van der Waals surface area contributed by atoms with Crippen molar-refractivity contribution in [2.75, 3.05) is 0 Å². The van der Waals surface area contributed by atoms with Crippen molar-refractivity contribution >= 4 is 19.0 Å². The summed E-state index contributed by atoms with van der Waals surface area (Å²) in [7, 11) is 0. The molecule has 0 saturated heterocycles. The molecule has 0 aromatic heterocycles. The number of halogens is 2. The molecular weight excluding hydrogens is 551 g/mol. The van der Waals surface area contributed by atoms with Gasteiger partial charge in [0.25, 0.3) is 0 Å². The van der Waals surface area contributed by atoms with Crippen molar-refractivity contribution in [3.8, 4) is 0 Å². The predicted molar refractivity (Wildman–Crippen MR) is 143 cm³/mol. The molecule has 0 nitrogen and oxygen atoms in total. The molecule has 0 bridgehead atoms. The minimum Gasteiger partial charge on any atom is -1.00 e. The molecule has 0 radical (unpaired) electrons. The Morgan fingerprint density at radius 3 is 1.35 bits per heavy atom. The third kappa shape index (κ3) is 4.67. The Morgan fingerprint density at radius 1 is 0.676 bits per heavy atom. The van der Waals surface area contributed by atoms with Gasteiger partial charge in [-0.15, -0.1) is 0 Å². The summed E-state index contributed by atoms with van der Waals surface area (Å²) in [5.41, 5.74) is 15.9. The standard InChI is InChI=1S/2C14H17.2CH3.2ClH.H2Si.Zr/c2*1-4-5-12-7-6-11(3)13-8-10(2)9-14(12)13;;;;;;/h2*6-9H,4-5H2,1-3H3;2*1H3;2*1H;1H2;/q;;;;;;;+2/p-2. The van der Waals surface area contributed by atoms with E-state index in [0.29, 0.717) is 7.25 Å². The zero-order valence-electron chi connectivity index (χ0n) is 22.4. The molecule has 0 N–H and O–H groups in total. The van der Waals surface area contributed by atoms with Gasteiger partial charge < -0.3 is 24.8 Å². The second kappa shape index (κ2) is 10.5. The summed E-state index contributed by atoms with van der Waals surface area (Å²) >= 11 is -3.38. The smallest absolute Gasteiger partial charge is 1.00 e. The first-order valence-corrected chi connectivity index (χ1v) is 26.4. The van der Waals surface area contributed by atoms with E-state index < -0.39 is 17.4 Å². The fourth-order valence-electron chi connectivity index (χ4n) is 7.35. The van der Waals surface area contributed by atoms with Crippen molar-refractivity contribution in [2.45, 2.75) is 83.7 Å². The molecule has 0 saturated carbocycles. The van der Waals surface area contributed by atoms with Crippen molar-refractivity contribution in [3.05, 3.63) is 79.9 Å². The Morgan fingerprint density at radius 2 is 1.03 bits per heavy atom. The van der Waals surface area contributed by atoms with Crippen LogP contribution in [0.3, 0.4) is 0 Å². The molecule has 0 heterocycles. The van der Waals surface area contributed by atoms with Gasteiger partial charge in [-0.25, -0.2) is 0 Å². The molecule has 0 amide bonds. The van der Waals surface area contributed by atoms with Gasteiger partial charge >= 0.3 is 200 Å². The van der Waals surface area contributed by atoms with E-state index in [-0.39, 0.29) is 24.8 Å². The van der Waals surface area contributed by atoms with Gasteiger partial charge in [0, 0.05) is 0 Å². The Hall–Kier alpha value is -0.400. The molecule has 2 aliphatic carbocycles. The first-order chi connectivity index (χ1) is 15.0. The van der Waals surface area contributed by atoms with Gasteiger partial charge in [-0.05, 0) is 0 Å². The van der Waals surface area contributed by atoms with Crippen LogP contribution in [0, 0.1) is 13.8 Å².